The molecule has 0 fully saturated rings. The Hall–Kier alpha value is -1.64. The molecule has 16 heavy (non-hydrogen) atoms. The van der Waals surface area contributed by atoms with Crippen molar-refractivity contribution in [1.82, 2.24) is 4.98 Å². The Bertz CT molecular complexity index is 363. The van der Waals surface area contributed by atoms with Gasteiger partial charge in [-0.15, -0.1) is 6.58 Å². The van der Waals surface area contributed by atoms with Crippen molar-refractivity contribution in [2.24, 2.45) is 0 Å². The minimum absolute atomic E-state index is 0.0239. The molecule has 1 rings (SSSR count). The summed E-state index contributed by atoms with van der Waals surface area (Å²) in [5, 5.41) is 0. The van der Waals surface area contributed by atoms with Crippen molar-refractivity contribution in [3.63, 3.8) is 0 Å². The van der Waals surface area contributed by atoms with Crippen LogP contribution in [0.15, 0.2) is 31.0 Å². The summed E-state index contributed by atoms with van der Waals surface area (Å²) < 4.78 is 0. The normalized spacial score (nSPS) is 10.9. The molecule has 0 saturated carbocycles. The largest absolute Gasteiger partial charge is 0.348 e. The summed E-state index contributed by atoms with van der Waals surface area (Å²) in [6.45, 7) is 10.8. The molecule has 1 aromatic rings. The van der Waals surface area contributed by atoms with Crippen LogP contribution < -0.4 is 4.90 Å². The van der Waals surface area contributed by atoms with Crippen LogP contribution in [0.25, 0.3) is 0 Å². The van der Waals surface area contributed by atoms with Crippen molar-refractivity contribution >= 4 is 12.1 Å². The van der Waals surface area contributed by atoms with E-state index in [2.05, 4.69) is 37.2 Å². The zero-order valence-corrected chi connectivity index (χ0v) is 10.1. The summed E-state index contributed by atoms with van der Waals surface area (Å²) in [5.41, 5.74) is 0.570. The van der Waals surface area contributed by atoms with E-state index in [4.69, 9.17) is 0 Å². The lowest BCUT2D eigenvalue weighted by atomic mass is 10.1. The molecule has 0 saturated heterocycles. The second kappa shape index (κ2) is 4.92. The molecular formula is C13H18N2O. The van der Waals surface area contributed by atoms with E-state index in [1.807, 2.05) is 12.1 Å². The van der Waals surface area contributed by atoms with E-state index in [-0.39, 0.29) is 5.54 Å². The number of hydrogen-bond acceptors (Lipinski definition) is 3. The van der Waals surface area contributed by atoms with Gasteiger partial charge >= 0.3 is 0 Å². The van der Waals surface area contributed by atoms with Crippen LogP contribution in [-0.4, -0.2) is 23.4 Å². The number of carbonyl (C=O) groups is 1. The van der Waals surface area contributed by atoms with E-state index in [0.29, 0.717) is 5.56 Å². The number of pyridine rings is 1. The van der Waals surface area contributed by atoms with Gasteiger partial charge in [0.15, 0.2) is 6.29 Å². The molecule has 0 amide bonds. The third-order valence-corrected chi connectivity index (χ3v) is 2.30. The number of anilines is 1. The van der Waals surface area contributed by atoms with Crippen LogP contribution in [0.1, 0.15) is 31.1 Å². The average molecular weight is 218 g/mol. The Kier molecular flexibility index (Phi) is 3.82. The van der Waals surface area contributed by atoms with E-state index in [1.54, 1.807) is 12.3 Å². The van der Waals surface area contributed by atoms with Gasteiger partial charge in [0.2, 0.25) is 0 Å². The monoisotopic (exact) mass is 218 g/mol. The molecular weight excluding hydrogens is 200 g/mol. The van der Waals surface area contributed by atoms with Gasteiger partial charge in [0.1, 0.15) is 5.82 Å². The number of aromatic nitrogens is 1. The summed E-state index contributed by atoms with van der Waals surface area (Å²) in [7, 11) is 0. The Morgan fingerprint density at radius 1 is 1.44 bits per heavy atom. The molecule has 0 radical (unpaired) electrons. The molecule has 0 aromatic carbocycles. The molecule has 0 bridgehead atoms. The predicted molar refractivity (Wildman–Crippen MR) is 66.9 cm³/mol. The Morgan fingerprint density at radius 3 is 2.50 bits per heavy atom. The maximum Gasteiger partial charge on any atom is 0.151 e. The second-order valence-electron chi connectivity index (χ2n) is 4.64. The van der Waals surface area contributed by atoms with Gasteiger partial charge in [-0.1, -0.05) is 6.08 Å². The molecule has 0 aliphatic rings. The Labute approximate surface area is 96.8 Å². The minimum Gasteiger partial charge on any atom is -0.348 e. The lowest BCUT2D eigenvalue weighted by Gasteiger charge is -2.35. The summed E-state index contributed by atoms with van der Waals surface area (Å²) >= 11 is 0. The van der Waals surface area contributed by atoms with Crippen molar-refractivity contribution in [3.8, 4) is 0 Å². The van der Waals surface area contributed by atoms with Crippen LogP contribution in [0, 0.1) is 0 Å². The van der Waals surface area contributed by atoms with Gasteiger partial charge in [0, 0.05) is 23.8 Å². The lowest BCUT2D eigenvalue weighted by molar-refractivity contribution is 0.112. The van der Waals surface area contributed by atoms with Gasteiger partial charge in [-0.05, 0) is 32.9 Å². The van der Waals surface area contributed by atoms with Gasteiger partial charge in [0.25, 0.3) is 0 Å². The van der Waals surface area contributed by atoms with Gasteiger partial charge in [-0.2, -0.15) is 0 Å². The number of aldehydes is 1. The summed E-state index contributed by atoms with van der Waals surface area (Å²) in [4.78, 5) is 17.0. The second-order valence-corrected chi connectivity index (χ2v) is 4.64. The van der Waals surface area contributed by atoms with E-state index in [1.165, 1.54) is 0 Å². The molecule has 0 aliphatic heterocycles. The molecule has 1 heterocycles. The third kappa shape index (κ3) is 2.92. The molecule has 0 unspecified atom stereocenters. The van der Waals surface area contributed by atoms with Crippen molar-refractivity contribution in [1.29, 1.82) is 0 Å². The highest BCUT2D eigenvalue weighted by Crippen LogP contribution is 2.21. The lowest BCUT2D eigenvalue weighted by Crippen LogP contribution is -2.42. The van der Waals surface area contributed by atoms with Crippen LogP contribution in [-0.2, 0) is 0 Å². The molecule has 3 nitrogen and oxygen atoms in total. The summed E-state index contributed by atoms with van der Waals surface area (Å²) in [6.07, 6.45) is 4.23. The third-order valence-electron chi connectivity index (χ3n) is 2.30. The standard InChI is InChI=1S/C13H18N2O/c1-5-8-15(13(2,3)4)12-7-6-11(10-16)9-14-12/h5-7,9-10H,1,8H2,2-4H3. The number of hydrogen-bond donors (Lipinski definition) is 0. The first-order chi connectivity index (χ1) is 7.49. The van der Waals surface area contributed by atoms with Gasteiger partial charge in [0.05, 0.1) is 0 Å². The first kappa shape index (κ1) is 12.4. The van der Waals surface area contributed by atoms with Gasteiger partial charge < -0.3 is 4.90 Å². The topological polar surface area (TPSA) is 33.2 Å². The fraction of sp³-hybridized carbons (Fsp3) is 0.385. The van der Waals surface area contributed by atoms with Gasteiger partial charge in [-0.25, -0.2) is 4.98 Å². The van der Waals surface area contributed by atoms with Crippen LogP contribution in [0.5, 0.6) is 0 Å². The number of nitrogens with zero attached hydrogens (tertiary/aromatic N) is 2. The fourth-order valence-corrected chi connectivity index (χ4v) is 1.47. The first-order valence-electron chi connectivity index (χ1n) is 5.29. The fourth-order valence-electron chi connectivity index (χ4n) is 1.47. The van der Waals surface area contributed by atoms with Crippen molar-refractivity contribution < 1.29 is 4.79 Å². The van der Waals surface area contributed by atoms with Crippen LogP contribution in [0.2, 0.25) is 0 Å². The average Bonchev–Trinajstić information content (AvgIpc) is 2.25. The van der Waals surface area contributed by atoms with E-state index in [0.717, 1.165) is 18.6 Å². The Balaban J connectivity index is 3.01. The molecule has 0 N–H and O–H groups in total. The molecule has 3 heteroatoms. The van der Waals surface area contributed by atoms with E-state index < -0.39 is 0 Å². The van der Waals surface area contributed by atoms with E-state index in [9.17, 15) is 4.79 Å². The number of rotatable bonds is 4. The molecule has 1 aromatic heterocycles. The van der Waals surface area contributed by atoms with Crippen LogP contribution in [0.4, 0.5) is 5.82 Å². The zero-order chi connectivity index (χ0) is 12.2. The summed E-state index contributed by atoms with van der Waals surface area (Å²) in [6, 6.07) is 3.63. The Morgan fingerprint density at radius 2 is 2.12 bits per heavy atom. The van der Waals surface area contributed by atoms with E-state index >= 15 is 0 Å². The molecule has 0 atom stereocenters. The van der Waals surface area contributed by atoms with Crippen LogP contribution in [0.3, 0.4) is 0 Å². The minimum atomic E-state index is -0.0239. The van der Waals surface area contributed by atoms with Gasteiger partial charge in [-0.3, -0.25) is 4.79 Å². The maximum atomic E-state index is 10.5. The maximum absolute atomic E-state index is 10.5. The molecule has 0 aliphatic carbocycles. The smallest absolute Gasteiger partial charge is 0.151 e. The quantitative estimate of drug-likeness (QED) is 0.575. The van der Waals surface area contributed by atoms with Crippen molar-refractivity contribution in [2.75, 3.05) is 11.4 Å². The highest BCUT2D eigenvalue weighted by atomic mass is 16.1. The molecule has 86 valence electrons. The zero-order valence-electron chi connectivity index (χ0n) is 10.1. The molecule has 0 spiro atoms. The predicted octanol–water partition coefficient (Wildman–Crippen LogP) is 2.69. The highest BCUT2D eigenvalue weighted by Gasteiger charge is 2.21. The number of carbonyl (C=O) groups excluding carboxylic acids is 1. The van der Waals surface area contributed by atoms with Crippen molar-refractivity contribution in [3.05, 3.63) is 36.5 Å². The first-order valence-corrected chi connectivity index (χ1v) is 5.29. The SMILES string of the molecule is C=CCN(c1ccc(C=O)cn1)C(C)(C)C. The van der Waals surface area contributed by atoms with Crippen molar-refractivity contribution in [2.45, 2.75) is 26.3 Å². The van der Waals surface area contributed by atoms with Crippen LogP contribution >= 0.6 is 0 Å². The summed E-state index contributed by atoms with van der Waals surface area (Å²) in [5.74, 6) is 0.859. The highest BCUT2D eigenvalue weighted by molar-refractivity contribution is 5.74.